The number of aromatic nitrogens is 1. The number of unbranched alkanes of at least 4 members (excludes halogenated alkanes) is 3. The van der Waals surface area contributed by atoms with Gasteiger partial charge in [0.15, 0.2) is 5.43 Å². The van der Waals surface area contributed by atoms with Crippen molar-refractivity contribution in [2.75, 3.05) is 5.32 Å². The van der Waals surface area contributed by atoms with Crippen molar-refractivity contribution in [1.82, 2.24) is 4.57 Å². The summed E-state index contributed by atoms with van der Waals surface area (Å²) in [5.74, 6) is -0.389. The molecule has 1 aromatic carbocycles. The van der Waals surface area contributed by atoms with Crippen molar-refractivity contribution in [3.8, 4) is 0 Å². The number of carbonyl (C=O) groups is 1. The number of nitrogens with one attached hydrogen (secondary N) is 1. The molecular formula is C21H27ClN2O2. The normalized spacial score (nSPS) is 10.8. The fourth-order valence-electron chi connectivity index (χ4n) is 3.16. The Hall–Kier alpha value is -2.07. The maximum Gasteiger partial charge on any atom is 0.261 e. The maximum absolute atomic E-state index is 12.8. The minimum atomic E-state index is -0.389. The highest BCUT2D eigenvalue weighted by Crippen LogP contribution is 2.23. The second-order valence-electron chi connectivity index (χ2n) is 6.69. The molecule has 0 unspecified atom stereocenters. The summed E-state index contributed by atoms with van der Waals surface area (Å²) in [6.45, 7) is 8.58. The molecule has 140 valence electrons. The van der Waals surface area contributed by atoms with Gasteiger partial charge in [-0.1, -0.05) is 43.9 Å². The van der Waals surface area contributed by atoms with Crippen LogP contribution in [0.2, 0.25) is 5.02 Å². The van der Waals surface area contributed by atoms with E-state index in [0.29, 0.717) is 16.4 Å². The van der Waals surface area contributed by atoms with Crippen LogP contribution in [0.5, 0.6) is 0 Å². The van der Waals surface area contributed by atoms with Gasteiger partial charge in [-0.15, -0.1) is 0 Å². The number of amides is 1. The van der Waals surface area contributed by atoms with Crippen LogP contribution < -0.4 is 10.7 Å². The molecule has 4 nitrogen and oxygen atoms in total. The number of anilines is 1. The number of aryl methyl sites for hydroxylation is 1. The van der Waals surface area contributed by atoms with Crippen molar-refractivity contribution >= 4 is 23.2 Å². The highest BCUT2D eigenvalue weighted by Gasteiger charge is 2.18. The topological polar surface area (TPSA) is 51.1 Å². The number of hydrogen-bond donors (Lipinski definition) is 1. The number of hydrogen-bond acceptors (Lipinski definition) is 2. The summed E-state index contributed by atoms with van der Waals surface area (Å²) >= 11 is 6.12. The first-order chi connectivity index (χ1) is 12.4. The highest BCUT2D eigenvalue weighted by molar-refractivity contribution is 6.31. The molecule has 0 saturated carbocycles. The lowest BCUT2D eigenvalue weighted by atomic mass is 10.1. The van der Waals surface area contributed by atoms with Crippen molar-refractivity contribution in [2.45, 2.75) is 59.9 Å². The van der Waals surface area contributed by atoms with Gasteiger partial charge in [0.05, 0.1) is 0 Å². The summed E-state index contributed by atoms with van der Waals surface area (Å²) in [5, 5.41) is 3.42. The first-order valence-electron chi connectivity index (χ1n) is 9.14. The van der Waals surface area contributed by atoms with Crippen molar-refractivity contribution in [2.24, 2.45) is 0 Å². The SMILES string of the molecule is CCCCCCn1c(C)cc(=O)c(C(=O)Nc2cccc(Cl)c2C)c1C. The third kappa shape index (κ3) is 4.55. The Labute approximate surface area is 160 Å². The van der Waals surface area contributed by atoms with E-state index < -0.39 is 0 Å². The fourth-order valence-corrected chi connectivity index (χ4v) is 3.34. The molecule has 0 aliphatic rings. The molecule has 0 spiro atoms. The van der Waals surface area contributed by atoms with Crippen LogP contribution in [0.3, 0.4) is 0 Å². The maximum atomic E-state index is 12.8. The number of halogens is 1. The second kappa shape index (κ2) is 9.04. The van der Waals surface area contributed by atoms with Gasteiger partial charge < -0.3 is 9.88 Å². The molecule has 0 radical (unpaired) electrons. The minimum Gasteiger partial charge on any atom is -0.348 e. The molecule has 0 bridgehead atoms. The summed E-state index contributed by atoms with van der Waals surface area (Å²) in [6, 6.07) is 6.88. The lowest BCUT2D eigenvalue weighted by Gasteiger charge is -2.18. The molecule has 0 saturated heterocycles. The van der Waals surface area contributed by atoms with E-state index in [2.05, 4.69) is 16.8 Å². The molecule has 0 aliphatic heterocycles. The molecule has 1 N–H and O–H groups in total. The largest absolute Gasteiger partial charge is 0.348 e. The molecule has 1 aromatic heterocycles. The van der Waals surface area contributed by atoms with E-state index in [9.17, 15) is 9.59 Å². The Balaban J connectivity index is 2.31. The Morgan fingerprint density at radius 3 is 2.58 bits per heavy atom. The smallest absolute Gasteiger partial charge is 0.261 e. The van der Waals surface area contributed by atoms with E-state index in [-0.39, 0.29) is 16.9 Å². The number of nitrogens with zero attached hydrogens (tertiary/aromatic N) is 1. The van der Waals surface area contributed by atoms with Crippen LogP contribution in [0, 0.1) is 20.8 Å². The average Bonchev–Trinajstić information content (AvgIpc) is 2.58. The van der Waals surface area contributed by atoms with Crippen molar-refractivity contribution in [1.29, 1.82) is 0 Å². The van der Waals surface area contributed by atoms with Gasteiger partial charge in [-0.2, -0.15) is 0 Å². The number of pyridine rings is 1. The standard InChI is InChI=1S/C21H27ClN2O2/c1-5-6-7-8-12-24-14(2)13-19(25)20(16(24)4)21(26)23-18-11-9-10-17(22)15(18)3/h9-11,13H,5-8,12H2,1-4H3,(H,23,26). The van der Waals surface area contributed by atoms with E-state index in [4.69, 9.17) is 11.6 Å². The van der Waals surface area contributed by atoms with Crippen LogP contribution in [0.25, 0.3) is 0 Å². The van der Waals surface area contributed by atoms with E-state index >= 15 is 0 Å². The predicted molar refractivity (Wildman–Crippen MR) is 108 cm³/mol. The molecule has 26 heavy (non-hydrogen) atoms. The van der Waals surface area contributed by atoms with E-state index in [1.807, 2.05) is 20.8 Å². The van der Waals surface area contributed by atoms with Crippen LogP contribution >= 0.6 is 11.6 Å². The molecule has 2 rings (SSSR count). The van der Waals surface area contributed by atoms with E-state index in [1.54, 1.807) is 24.3 Å². The van der Waals surface area contributed by atoms with E-state index in [0.717, 1.165) is 30.6 Å². The zero-order chi connectivity index (χ0) is 19.3. The van der Waals surface area contributed by atoms with Gasteiger partial charge in [-0.25, -0.2) is 0 Å². The van der Waals surface area contributed by atoms with Crippen molar-refractivity contribution in [3.63, 3.8) is 0 Å². The fraction of sp³-hybridized carbons (Fsp3) is 0.429. The van der Waals surface area contributed by atoms with Gasteiger partial charge >= 0.3 is 0 Å². The Bertz CT molecular complexity index is 856. The monoisotopic (exact) mass is 374 g/mol. The number of rotatable bonds is 7. The first-order valence-corrected chi connectivity index (χ1v) is 9.52. The molecule has 1 amide bonds. The highest BCUT2D eigenvalue weighted by atomic mass is 35.5. The Morgan fingerprint density at radius 2 is 1.88 bits per heavy atom. The summed E-state index contributed by atoms with van der Waals surface area (Å²) < 4.78 is 2.07. The molecular weight excluding hydrogens is 348 g/mol. The predicted octanol–water partition coefficient (Wildman–Crippen LogP) is 5.26. The molecule has 2 aromatic rings. The van der Waals surface area contributed by atoms with E-state index in [1.165, 1.54) is 12.8 Å². The minimum absolute atomic E-state index is 0.200. The summed E-state index contributed by atoms with van der Waals surface area (Å²) in [4.78, 5) is 25.3. The van der Waals surface area contributed by atoms with Gasteiger partial charge in [0, 0.05) is 34.7 Å². The lowest BCUT2D eigenvalue weighted by molar-refractivity contribution is 0.102. The number of carbonyl (C=O) groups excluding carboxylic acids is 1. The van der Waals surface area contributed by atoms with Crippen LogP contribution in [0.4, 0.5) is 5.69 Å². The number of benzene rings is 1. The van der Waals surface area contributed by atoms with Crippen LogP contribution in [-0.4, -0.2) is 10.5 Å². The van der Waals surface area contributed by atoms with Crippen LogP contribution in [0.15, 0.2) is 29.1 Å². The second-order valence-corrected chi connectivity index (χ2v) is 7.10. The lowest BCUT2D eigenvalue weighted by Crippen LogP contribution is -2.27. The van der Waals surface area contributed by atoms with Gasteiger partial charge in [-0.05, 0) is 44.9 Å². The molecule has 5 heteroatoms. The summed E-state index contributed by atoms with van der Waals surface area (Å²) in [7, 11) is 0. The molecule has 1 heterocycles. The molecule has 0 fully saturated rings. The molecule has 0 atom stereocenters. The average molecular weight is 375 g/mol. The third-order valence-corrected chi connectivity index (χ3v) is 5.17. The zero-order valence-electron chi connectivity index (χ0n) is 16.0. The first kappa shape index (κ1) is 20.2. The molecule has 0 aliphatic carbocycles. The van der Waals surface area contributed by atoms with Gasteiger partial charge in [0.2, 0.25) is 0 Å². The summed E-state index contributed by atoms with van der Waals surface area (Å²) in [6.07, 6.45) is 4.55. The quantitative estimate of drug-likeness (QED) is 0.672. The van der Waals surface area contributed by atoms with Crippen molar-refractivity contribution in [3.05, 3.63) is 62.0 Å². The zero-order valence-corrected chi connectivity index (χ0v) is 16.7. The third-order valence-electron chi connectivity index (χ3n) is 4.76. The van der Waals surface area contributed by atoms with Gasteiger partial charge in [0.25, 0.3) is 5.91 Å². The van der Waals surface area contributed by atoms with Gasteiger partial charge in [-0.3, -0.25) is 9.59 Å². The Morgan fingerprint density at radius 1 is 1.15 bits per heavy atom. The van der Waals surface area contributed by atoms with Gasteiger partial charge in [0.1, 0.15) is 5.56 Å². The van der Waals surface area contributed by atoms with Crippen LogP contribution in [0.1, 0.15) is 59.9 Å². The summed E-state index contributed by atoms with van der Waals surface area (Å²) in [5.41, 5.74) is 2.96. The Kier molecular flexibility index (Phi) is 7.04. The van der Waals surface area contributed by atoms with Crippen LogP contribution in [-0.2, 0) is 6.54 Å². The van der Waals surface area contributed by atoms with Crippen molar-refractivity contribution < 1.29 is 4.79 Å².